The summed E-state index contributed by atoms with van der Waals surface area (Å²) in [5.74, 6) is -0.516. The Morgan fingerprint density at radius 3 is 2.58 bits per heavy atom. The maximum Gasteiger partial charge on any atom is 0.343 e. The molecule has 0 aliphatic heterocycles. The monoisotopic (exact) mass is 383 g/mol. The molecule has 3 rings (SSSR count). The zero-order chi connectivity index (χ0) is 17.3. The smallest absolute Gasteiger partial charge is 0.343 e. The van der Waals surface area contributed by atoms with E-state index in [1.165, 1.54) is 10.7 Å². The van der Waals surface area contributed by atoms with Crippen LogP contribution in [0.4, 0.5) is 0 Å². The first-order valence-corrected chi connectivity index (χ1v) is 8.27. The Hall–Kier alpha value is -1.82. The number of carbonyl (C=O) groups excluding carboxylic acids is 1. The number of esters is 1. The summed E-state index contributed by atoms with van der Waals surface area (Å²) in [5, 5.41) is 5.29. The molecule has 0 amide bonds. The first kappa shape index (κ1) is 17.0. The molecule has 0 radical (unpaired) electrons. The summed E-state index contributed by atoms with van der Waals surface area (Å²) in [4.78, 5) is 16.2. The normalized spacial score (nSPS) is 11.0. The molecule has 0 spiro atoms. The van der Waals surface area contributed by atoms with Gasteiger partial charge in [-0.15, -0.1) is 0 Å². The Morgan fingerprint density at radius 2 is 1.92 bits per heavy atom. The quantitative estimate of drug-likeness (QED) is 0.492. The minimum Gasteiger partial charge on any atom is -0.462 e. The van der Waals surface area contributed by atoms with Crippen molar-refractivity contribution in [2.75, 3.05) is 6.61 Å². The highest BCUT2D eigenvalue weighted by atomic mass is 35.5. The van der Waals surface area contributed by atoms with Crippen LogP contribution in [0.15, 0.2) is 30.5 Å². The fourth-order valence-electron chi connectivity index (χ4n) is 2.27. The molecule has 1 aromatic carbocycles. The molecule has 0 bridgehead atoms. The third-order valence-corrected chi connectivity index (χ3v) is 4.37. The Labute approximate surface area is 153 Å². The highest BCUT2D eigenvalue weighted by molar-refractivity contribution is 6.35. The topological polar surface area (TPSA) is 56.5 Å². The third-order valence-electron chi connectivity index (χ3n) is 3.42. The number of rotatable bonds is 4. The molecule has 5 nitrogen and oxygen atoms in total. The van der Waals surface area contributed by atoms with E-state index in [0.717, 1.165) is 5.56 Å². The third kappa shape index (κ3) is 3.20. The summed E-state index contributed by atoms with van der Waals surface area (Å²) in [7, 11) is 0. The van der Waals surface area contributed by atoms with Gasteiger partial charge in [0.25, 0.3) is 0 Å². The molecule has 3 aromatic rings. The first-order chi connectivity index (χ1) is 11.5. The van der Waals surface area contributed by atoms with Gasteiger partial charge in [0.2, 0.25) is 0 Å². The predicted molar refractivity (Wildman–Crippen MR) is 93.2 cm³/mol. The van der Waals surface area contributed by atoms with Crippen LogP contribution in [0, 0.1) is 0 Å². The zero-order valence-corrected chi connectivity index (χ0v) is 14.9. The number of benzene rings is 1. The minimum atomic E-state index is -0.516. The van der Waals surface area contributed by atoms with E-state index in [2.05, 4.69) is 10.1 Å². The van der Waals surface area contributed by atoms with Crippen molar-refractivity contribution in [1.29, 1.82) is 0 Å². The lowest BCUT2D eigenvalue weighted by atomic mass is 10.1. The summed E-state index contributed by atoms with van der Waals surface area (Å²) in [6.45, 7) is 1.98. The number of carbonyl (C=O) groups is 1. The van der Waals surface area contributed by atoms with Crippen molar-refractivity contribution < 1.29 is 9.53 Å². The largest absolute Gasteiger partial charge is 0.462 e. The van der Waals surface area contributed by atoms with Gasteiger partial charge >= 0.3 is 5.97 Å². The highest BCUT2D eigenvalue weighted by Gasteiger charge is 2.20. The van der Waals surface area contributed by atoms with Crippen molar-refractivity contribution >= 4 is 46.4 Å². The predicted octanol–water partition coefficient (Wildman–Crippen LogP) is 4.46. The van der Waals surface area contributed by atoms with Crippen LogP contribution in [0.25, 0.3) is 5.65 Å². The van der Waals surface area contributed by atoms with Crippen LogP contribution in [0.3, 0.4) is 0 Å². The first-order valence-electron chi connectivity index (χ1n) is 7.14. The van der Waals surface area contributed by atoms with E-state index >= 15 is 0 Å². The molecule has 8 heteroatoms. The Balaban J connectivity index is 2.04. The van der Waals surface area contributed by atoms with Gasteiger partial charge in [0.1, 0.15) is 15.9 Å². The fourth-order valence-corrected chi connectivity index (χ4v) is 2.96. The standard InChI is InChI=1S/C16H12Cl3N3O2/c1-2-24-16(23)12-8-20-22-14(19)11(13(18)21-15(12)22)7-9-3-5-10(17)6-4-9/h3-6,8H,2,7H2,1H3. The van der Waals surface area contributed by atoms with Crippen LogP contribution in [0.5, 0.6) is 0 Å². The van der Waals surface area contributed by atoms with E-state index in [-0.39, 0.29) is 23.0 Å². The lowest BCUT2D eigenvalue weighted by molar-refractivity contribution is 0.0528. The Morgan fingerprint density at radius 1 is 1.21 bits per heavy atom. The van der Waals surface area contributed by atoms with Crippen molar-refractivity contribution in [2.45, 2.75) is 13.3 Å². The molecule has 24 heavy (non-hydrogen) atoms. The van der Waals surface area contributed by atoms with Gasteiger partial charge < -0.3 is 4.74 Å². The Bertz CT molecular complexity index is 907. The molecule has 2 heterocycles. The van der Waals surface area contributed by atoms with Crippen molar-refractivity contribution in [3.63, 3.8) is 0 Å². The van der Waals surface area contributed by atoms with Gasteiger partial charge in [-0.3, -0.25) is 0 Å². The number of nitrogens with zero attached hydrogens (tertiary/aromatic N) is 3. The maximum atomic E-state index is 11.9. The van der Waals surface area contributed by atoms with E-state index in [0.29, 0.717) is 22.2 Å². The number of hydrogen-bond acceptors (Lipinski definition) is 4. The van der Waals surface area contributed by atoms with E-state index < -0.39 is 5.97 Å². The van der Waals surface area contributed by atoms with Crippen molar-refractivity contribution in [3.05, 3.63) is 62.5 Å². The maximum absolute atomic E-state index is 11.9. The molecule has 0 N–H and O–H groups in total. The van der Waals surface area contributed by atoms with Crippen LogP contribution in [-0.2, 0) is 11.2 Å². The molecule has 0 unspecified atom stereocenters. The van der Waals surface area contributed by atoms with Gasteiger partial charge in [0.05, 0.1) is 12.8 Å². The van der Waals surface area contributed by atoms with E-state index in [9.17, 15) is 4.79 Å². The van der Waals surface area contributed by atoms with E-state index in [4.69, 9.17) is 39.5 Å². The molecule has 2 aromatic heterocycles. The average Bonchev–Trinajstić information content (AvgIpc) is 2.97. The van der Waals surface area contributed by atoms with Crippen molar-refractivity contribution in [3.8, 4) is 0 Å². The summed E-state index contributed by atoms with van der Waals surface area (Å²) in [6, 6.07) is 7.34. The highest BCUT2D eigenvalue weighted by Crippen LogP contribution is 2.28. The van der Waals surface area contributed by atoms with Crippen LogP contribution in [0.1, 0.15) is 28.4 Å². The fraction of sp³-hybridized carbons (Fsp3) is 0.188. The molecule has 0 saturated carbocycles. The van der Waals surface area contributed by atoms with Crippen molar-refractivity contribution in [1.82, 2.24) is 14.6 Å². The molecule has 124 valence electrons. The van der Waals surface area contributed by atoms with E-state index in [1.807, 2.05) is 12.1 Å². The van der Waals surface area contributed by atoms with Crippen LogP contribution >= 0.6 is 34.8 Å². The number of fused-ring (bicyclic) bond motifs is 1. The van der Waals surface area contributed by atoms with Crippen molar-refractivity contribution in [2.24, 2.45) is 0 Å². The number of ether oxygens (including phenoxy) is 1. The number of halogens is 3. The number of aromatic nitrogens is 3. The lowest BCUT2D eigenvalue weighted by Crippen LogP contribution is -2.06. The molecule has 0 fully saturated rings. The van der Waals surface area contributed by atoms with Crippen LogP contribution in [-0.4, -0.2) is 27.2 Å². The molecular weight excluding hydrogens is 373 g/mol. The Kier molecular flexibility index (Phi) is 4.94. The van der Waals surface area contributed by atoms with Crippen LogP contribution < -0.4 is 0 Å². The van der Waals surface area contributed by atoms with Gasteiger partial charge in [0.15, 0.2) is 5.65 Å². The summed E-state index contributed by atoms with van der Waals surface area (Å²) >= 11 is 18.6. The second-order valence-corrected chi connectivity index (χ2v) is 6.14. The average molecular weight is 385 g/mol. The second-order valence-electron chi connectivity index (χ2n) is 4.99. The molecule has 0 atom stereocenters. The van der Waals surface area contributed by atoms with Gasteiger partial charge in [-0.25, -0.2) is 14.3 Å². The minimum absolute atomic E-state index is 0.216. The molecule has 0 saturated heterocycles. The van der Waals surface area contributed by atoms with Gasteiger partial charge in [-0.1, -0.05) is 46.9 Å². The number of hydrogen-bond donors (Lipinski definition) is 0. The second kappa shape index (κ2) is 6.97. The molecule has 0 aliphatic carbocycles. The van der Waals surface area contributed by atoms with Gasteiger partial charge in [-0.2, -0.15) is 5.10 Å². The summed E-state index contributed by atoms with van der Waals surface area (Å²) in [5.41, 5.74) is 2.08. The van der Waals surface area contributed by atoms with Crippen LogP contribution in [0.2, 0.25) is 15.3 Å². The van der Waals surface area contributed by atoms with Gasteiger partial charge in [-0.05, 0) is 24.6 Å². The summed E-state index contributed by atoms with van der Waals surface area (Å²) < 4.78 is 6.36. The SMILES string of the molecule is CCOC(=O)c1cnn2c(Cl)c(Cc3ccc(Cl)cc3)c(Cl)nc12. The molecule has 0 aliphatic rings. The summed E-state index contributed by atoms with van der Waals surface area (Å²) in [6.07, 6.45) is 1.83. The lowest BCUT2D eigenvalue weighted by Gasteiger charge is -2.09. The zero-order valence-electron chi connectivity index (χ0n) is 12.6. The molecular formula is C16H12Cl3N3O2. The van der Waals surface area contributed by atoms with E-state index in [1.54, 1.807) is 19.1 Å². The van der Waals surface area contributed by atoms with Gasteiger partial charge in [0, 0.05) is 17.0 Å².